The number of nitrogens with one attached hydrogen (secondary N) is 2. The number of hydrogen-bond donors (Lipinski definition) is 3. The fourth-order valence-corrected chi connectivity index (χ4v) is 3.11. The summed E-state index contributed by atoms with van der Waals surface area (Å²) in [6, 6.07) is 7.72. The Balaban J connectivity index is 1.54. The molecule has 120 valence electrons. The first kappa shape index (κ1) is 15.2. The highest BCUT2D eigenvalue weighted by atomic mass is 16.3. The Morgan fingerprint density at radius 3 is 2.64 bits per heavy atom. The summed E-state index contributed by atoms with van der Waals surface area (Å²) in [6.07, 6.45) is 6.36. The molecule has 1 heterocycles. The number of piperidine rings is 1. The van der Waals surface area contributed by atoms with Gasteiger partial charge in [0.15, 0.2) is 0 Å². The van der Waals surface area contributed by atoms with Crippen LogP contribution in [-0.2, 0) is 0 Å². The summed E-state index contributed by atoms with van der Waals surface area (Å²) in [4.78, 5) is 14.3. The summed E-state index contributed by atoms with van der Waals surface area (Å²) < 4.78 is 0. The monoisotopic (exact) mass is 303 g/mol. The van der Waals surface area contributed by atoms with Gasteiger partial charge in [0.25, 0.3) is 0 Å². The average molecular weight is 303 g/mol. The molecular weight excluding hydrogens is 278 g/mol. The lowest BCUT2D eigenvalue weighted by atomic mass is 9.80. The lowest BCUT2D eigenvalue weighted by molar-refractivity contribution is -0.0287. The van der Waals surface area contributed by atoms with Crippen molar-refractivity contribution in [1.29, 1.82) is 0 Å². The van der Waals surface area contributed by atoms with Gasteiger partial charge in [0, 0.05) is 31.0 Å². The Morgan fingerprint density at radius 2 is 1.95 bits per heavy atom. The van der Waals surface area contributed by atoms with Crippen molar-refractivity contribution in [1.82, 2.24) is 5.32 Å². The molecule has 1 aliphatic heterocycles. The Bertz CT molecular complexity index is 522. The number of nitrogens with zero attached hydrogens (tertiary/aromatic N) is 1. The lowest BCUT2D eigenvalue weighted by Gasteiger charge is -2.36. The molecule has 1 saturated carbocycles. The van der Waals surface area contributed by atoms with Crippen LogP contribution in [0.3, 0.4) is 0 Å². The topological polar surface area (TPSA) is 64.6 Å². The van der Waals surface area contributed by atoms with Gasteiger partial charge in [-0.05, 0) is 56.7 Å². The van der Waals surface area contributed by atoms with Crippen LogP contribution in [0.5, 0.6) is 0 Å². The van der Waals surface area contributed by atoms with Crippen LogP contribution >= 0.6 is 0 Å². The standard InChI is InChI=1S/C17H25N3O2/c21-16(18-13-17(22)8-5-9-17)19-14-6-4-7-15(12-14)20-10-2-1-3-11-20/h4,6-7,12,22H,1-3,5,8-11,13H2,(H2,18,19,21). The maximum absolute atomic E-state index is 11.9. The number of hydrogen-bond acceptors (Lipinski definition) is 3. The molecule has 3 rings (SSSR count). The predicted octanol–water partition coefficient (Wildman–Crippen LogP) is 2.71. The Hall–Kier alpha value is -1.75. The first-order valence-electron chi connectivity index (χ1n) is 8.27. The van der Waals surface area contributed by atoms with Crippen LogP contribution in [-0.4, -0.2) is 36.4 Å². The van der Waals surface area contributed by atoms with E-state index in [9.17, 15) is 9.90 Å². The van der Waals surface area contributed by atoms with Crippen molar-refractivity contribution in [2.24, 2.45) is 0 Å². The molecule has 1 saturated heterocycles. The maximum atomic E-state index is 11.9. The molecule has 2 fully saturated rings. The highest BCUT2D eigenvalue weighted by Gasteiger charge is 2.34. The van der Waals surface area contributed by atoms with E-state index in [1.54, 1.807) is 0 Å². The lowest BCUT2D eigenvalue weighted by Crippen LogP contribution is -2.48. The number of carbonyl (C=O) groups excluding carboxylic acids is 1. The van der Waals surface area contributed by atoms with Gasteiger partial charge in [0.05, 0.1) is 5.60 Å². The zero-order valence-electron chi connectivity index (χ0n) is 13.0. The van der Waals surface area contributed by atoms with Crippen LogP contribution in [0.25, 0.3) is 0 Å². The largest absolute Gasteiger partial charge is 0.388 e. The molecule has 0 bridgehead atoms. The normalized spacial score (nSPS) is 20.1. The fraction of sp³-hybridized carbons (Fsp3) is 0.588. The van der Waals surface area contributed by atoms with E-state index in [4.69, 9.17) is 0 Å². The van der Waals surface area contributed by atoms with Crippen LogP contribution in [0.2, 0.25) is 0 Å². The van der Waals surface area contributed by atoms with E-state index in [0.29, 0.717) is 6.54 Å². The molecule has 0 spiro atoms. The molecule has 5 heteroatoms. The smallest absolute Gasteiger partial charge is 0.319 e. The maximum Gasteiger partial charge on any atom is 0.319 e. The molecule has 0 radical (unpaired) electrons. The van der Waals surface area contributed by atoms with Gasteiger partial charge in [0.1, 0.15) is 0 Å². The van der Waals surface area contributed by atoms with Gasteiger partial charge in [0.2, 0.25) is 0 Å². The van der Waals surface area contributed by atoms with Crippen LogP contribution in [0.4, 0.5) is 16.2 Å². The van der Waals surface area contributed by atoms with Crippen LogP contribution < -0.4 is 15.5 Å². The molecule has 5 nitrogen and oxygen atoms in total. The molecule has 3 N–H and O–H groups in total. The van der Waals surface area contributed by atoms with Crippen molar-refractivity contribution in [2.45, 2.75) is 44.1 Å². The van der Waals surface area contributed by atoms with Crippen molar-refractivity contribution < 1.29 is 9.90 Å². The minimum Gasteiger partial charge on any atom is -0.388 e. The Morgan fingerprint density at radius 1 is 1.18 bits per heavy atom. The molecule has 2 aliphatic rings. The molecule has 0 aromatic heterocycles. The van der Waals surface area contributed by atoms with Crippen molar-refractivity contribution in [2.75, 3.05) is 29.9 Å². The molecular formula is C17H25N3O2. The van der Waals surface area contributed by atoms with Gasteiger partial charge in [-0.2, -0.15) is 0 Å². The van der Waals surface area contributed by atoms with Crippen molar-refractivity contribution >= 4 is 17.4 Å². The predicted molar refractivity (Wildman–Crippen MR) is 88.3 cm³/mol. The molecule has 1 aromatic carbocycles. The summed E-state index contributed by atoms with van der Waals surface area (Å²) >= 11 is 0. The summed E-state index contributed by atoms with van der Waals surface area (Å²) in [6.45, 7) is 2.50. The van der Waals surface area contributed by atoms with E-state index in [1.807, 2.05) is 18.2 Å². The second-order valence-electron chi connectivity index (χ2n) is 6.48. The van der Waals surface area contributed by atoms with Gasteiger partial charge < -0.3 is 20.6 Å². The number of rotatable bonds is 4. The minimum atomic E-state index is -0.688. The van der Waals surface area contributed by atoms with Gasteiger partial charge in [-0.3, -0.25) is 0 Å². The third-order valence-corrected chi connectivity index (χ3v) is 4.69. The summed E-state index contributed by atoms with van der Waals surface area (Å²) in [5.74, 6) is 0. The number of benzene rings is 1. The van der Waals surface area contributed by atoms with Gasteiger partial charge in [-0.1, -0.05) is 6.07 Å². The summed E-state index contributed by atoms with van der Waals surface area (Å²) in [7, 11) is 0. The first-order valence-corrected chi connectivity index (χ1v) is 8.27. The van der Waals surface area contributed by atoms with Crippen molar-refractivity contribution in [3.63, 3.8) is 0 Å². The van der Waals surface area contributed by atoms with Crippen LogP contribution in [0, 0.1) is 0 Å². The SMILES string of the molecule is O=C(NCC1(O)CCC1)Nc1cccc(N2CCCCC2)c1. The van der Waals surface area contributed by atoms with Gasteiger partial charge >= 0.3 is 6.03 Å². The van der Waals surface area contributed by atoms with Crippen molar-refractivity contribution in [3.8, 4) is 0 Å². The number of aliphatic hydroxyl groups is 1. The molecule has 0 unspecified atom stereocenters. The number of urea groups is 1. The van der Waals surface area contributed by atoms with Gasteiger partial charge in [-0.25, -0.2) is 4.79 Å². The second kappa shape index (κ2) is 6.57. The van der Waals surface area contributed by atoms with E-state index in [0.717, 1.165) is 43.7 Å². The summed E-state index contributed by atoms with van der Waals surface area (Å²) in [5, 5.41) is 15.6. The number of carbonyl (C=O) groups is 1. The number of anilines is 2. The third kappa shape index (κ3) is 3.71. The van der Waals surface area contributed by atoms with E-state index in [1.165, 1.54) is 19.3 Å². The van der Waals surface area contributed by atoms with Crippen LogP contribution in [0.1, 0.15) is 38.5 Å². The highest BCUT2D eigenvalue weighted by molar-refractivity contribution is 5.89. The Kier molecular flexibility index (Phi) is 4.52. The molecule has 1 aliphatic carbocycles. The molecule has 2 amide bonds. The third-order valence-electron chi connectivity index (χ3n) is 4.69. The zero-order chi connectivity index (χ0) is 15.4. The first-order chi connectivity index (χ1) is 10.6. The minimum absolute atomic E-state index is 0.254. The van der Waals surface area contributed by atoms with Crippen molar-refractivity contribution in [3.05, 3.63) is 24.3 Å². The summed E-state index contributed by atoms with van der Waals surface area (Å²) in [5.41, 5.74) is 1.27. The quantitative estimate of drug-likeness (QED) is 0.801. The average Bonchev–Trinajstić information content (AvgIpc) is 2.52. The molecule has 22 heavy (non-hydrogen) atoms. The van der Waals surface area contributed by atoms with E-state index in [-0.39, 0.29) is 6.03 Å². The molecule has 0 atom stereocenters. The molecule has 1 aromatic rings. The fourth-order valence-electron chi connectivity index (χ4n) is 3.11. The van der Waals surface area contributed by atoms with E-state index in [2.05, 4.69) is 21.6 Å². The Labute approximate surface area is 131 Å². The van der Waals surface area contributed by atoms with E-state index >= 15 is 0 Å². The zero-order valence-corrected chi connectivity index (χ0v) is 13.0. The van der Waals surface area contributed by atoms with E-state index < -0.39 is 5.60 Å². The van der Waals surface area contributed by atoms with Gasteiger partial charge in [-0.15, -0.1) is 0 Å². The highest BCUT2D eigenvalue weighted by Crippen LogP contribution is 2.30. The number of amides is 2. The second-order valence-corrected chi connectivity index (χ2v) is 6.48. The van der Waals surface area contributed by atoms with Crippen LogP contribution in [0.15, 0.2) is 24.3 Å².